The highest BCUT2D eigenvalue weighted by molar-refractivity contribution is 5.22. The van der Waals surface area contributed by atoms with Crippen LogP contribution in [0.1, 0.15) is 25.7 Å². The fourth-order valence-electron chi connectivity index (χ4n) is 3.77. The van der Waals surface area contributed by atoms with Gasteiger partial charge in [0.15, 0.2) is 0 Å². The summed E-state index contributed by atoms with van der Waals surface area (Å²) in [6.45, 7) is 3.85. The lowest BCUT2D eigenvalue weighted by molar-refractivity contribution is -0.120. The minimum atomic E-state index is -0.682. The van der Waals surface area contributed by atoms with Gasteiger partial charge in [-0.05, 0) is 31.5 Å². The molecular formula is C19H28FNO4. The van der Waals surface area contributed by atoms with E-state index in [4.69, 9.17) is 14.2 Å². The highest BCUT2D eigenvalue weighted by Crippen LogP contribution is 2.29. The summed E-state index contributed by atoms with van der Waals surface area (Å²) in [5.74, 6) is 0.201. The number of hydrogen-bond acceptors (Lipinski definition) is 5. The molecule has 140 valence electrons. The number of piperidine rings is 1. The number of halogens is 1. The standard InChI is InChI=1S/C19H28FNO4/c1-23-19(15-25-17-5-2-4-16(20)12-17)6-3-9-21(14-19)13-18(22)7-10-24-11-8-18/h2,4-5,12,22H,3,6-11,13-15H2,1H3/t19-/m0/s1. The van der Waals surface area contributed by atoms with Crippen LogP contribution in [0.2, 0.25) is 0 Å². The van der Waals surface area contributed by atoms with Gasteiger partial charge in [0, 0.05) is 52.3 Å². The number of hydrogen-bond donors (Lipinski definition) is 1. The van der Waals surface area contributed by atoms with Crippen molar-refractivity contribution in [3.63, 3.8) is 0 Å². The van der Waals surface area contributed by atoms with E-state index in [9.17, 15) is 9.50 Å². The zero-order valence-electron chi connectivity index (χ0n) is 14.9. The average Bonchev–Trinajstić information content (AvgIpc) is 2.61. The Morgan fingerprint density at radius 2 is 2.08 bits per heavy atom. The van der Waals surface area contributed by atoms with Crippen LogP contribution in [-0.4, -0.2) is 67.8 Å². The largest absolute Gasteiger partial charge is 0.490 e. The molecule has 2 aliphatic heterocycles. The van der Waals surface area contributed by atoms with Crippen LogP contribution in [0.25, 0.3) is 0 Å². The highest BCUT2D eigenvalue weighted by Gasteiger charge is 2.40. The molecule has 0 amide bonds. The maximum Gasteiger partial charge on any atom is 0.126 e. The zero-order chi connectivity index (χ0) is 17.8. The summed E-state index contributed by atoms with van der Waals surface area (Å²) in [7, 11) is 1.70. The van der Waals surface area contributed by atoms with Gasteiger partial charge in [-0.2, -0.15) is 0 Å². The van der Waals surface area contributed by atoms with E-state index in [0.29, 0.717) is 51.5 Å². The lowest BCUT2D eigenvalue weighted by Crippen LogP contribution is -2.57. The van der Waals surface area contributed by atoms with Crippen LogP contribution in [0.3, 0.4) is 0 Å². The Hall–Kier alpha value is -1.21. The minimum absolute atomic E-state index is 0.309. The molecule has 0 aliphatic carbocycles. The molecule has 0 bridgehead atoms. The van der Waals surface area contributed by atoms with Gasteiger partial charge >= 0.3 is 0 Å². The molecule has 0 saturated carbocycles. The lowest BCUT2D eigenvalue weighted by atomic mass is 9.89. The Bertz CT molecular complexity index is 564. The van der Waals surface area contributed by atoms with E-state index in [0.717, 1.165) is 19.4 Å². The molecular weight excluding hydrogens is 325 g/mol. The van der Waals surface area contributed by atoms with Crippen LogP contribution in [-0.2, 0) is 9.47 Å². The SMILES string of the molecule is CO[C@@]1(COc2cccc(F)c2)CCCN(CC2(O)CCOCC2)C1. The quantitative estimate of drug-likeness (QED) is 0.850. The smallest absolute Gasteiger partial charge is 0.126 e. The predicted molar refractivity (Wildman–Crippen MR) is 92.3 cm³/mol. The maximum absolute atomic E-state index is 13.3. The average molecular weight is 353 g/mol. The molecule has 6 heteroatoms. The van der Waals surface area contributed by atoms with Crippen molar-refractivity contribution in [3.05, 3.63) is 30.1 Å². The topological polar surface area (TPSA) is 51.2 Å². The van der Waals surface area contributed by atoms with E-state index in [2.05, 4.69) is 4.90 Å². The first kappa shape index (κ1) is 18.6. The summed E-state index contributed by atoms with van der Waals surface area (Å²) in [5, 5.41) is 10.8. The Labute approximate surface area is 148 Å². The Morgan fingerprint density at radius 3 is 2.80 bits per heavy atom. The van der Waals surface area contributed by atoms with E-state index in [1.807, 2.05) is 0 Å². The van der Waals surface area contributed by atoms with Gasteiger partial charge in [-0.15, -0.1) is 0 Å². The molecule has 0 radical (unpaired) electrons. The van der Waals surface area contributed by atoms with Crippen molar-refractivity contribution in [2.45, 2.75) is 36.9 Å². The number of nitrogens with zero attached hydrogens (tertiary/aromatic N) is 1. The van der Waals surface area contributed by atoms with Gasteiger partial charge < -0.3 is 19.3 Å². The van der Waals surface area contributed by atoms with Gasteiger partial charge in [-0.1, -0.05) is 6.07 Å². The van der Waals surface area contributed by atoms with Crippen molar-refractivity contribution in [2.24, 2.45) is 0 Å². The molecule has 2 fully saturated rings. The maximum atomic E-state index is 13.3. The van der Waals surface area contributed by atoms with Crippen molar-refractivity contribution in [3.8, 4) is 5.75 Å². The van der Waals surface area contributed by atoms with Crippen LogP contribution in [0.4, 0.5) is 4.39 Å². The monoisotopic (exact) mass is 353 g/mol. The number of ether oxygens (including phenoxy) is 3. The first-order chi connectivity index (χ1) is 12.0. The fraction of sp³-hybridized carbons (Fsp3) is 0.684. The molecule has 2 aliphatic rings. The van der Waals surface area contributed by atoms with E-state index < -0.39 is 11.2 Å². The van der Waals surface area contributed by atoms with Gasteiger partial charge in [-0.3, -0.25) is 4.90 Å². The number of methoxy groups -OCH3 is 1. The molecule has 1 aromatic rings. The van der Waals surface area contributed by atoms with Gasteiger partial charge in [-0.25, -0.2) is 4.39 Å². The van der Waals surface area contributed by atoms with E-state index >= 15 is 0 Å². The third-order valence-electron chi connectivity index (χ3n) is 5.29. The normalized spacial score (nSPS) is 27.2. The van der Waals surface area contributed by atoms with E-state index in [1.165, 1.54) is 12.1 Å². The van der Waals surface area contributed by atoms with Crippen LogP contribution in [0, 0.1) is 5.82 Å². The van der Waals surface area contributed by atoms with Crippen LogP contribution in [0.15, 0.2) is 24.3 Å². The van der Waals surface area contributed by atoms with Gasteiger partial charge in [0.1, 0.15) is 23.8 Å². The van der Waals surface area contributed by atoms with Gasteiger partial charge in [0.05, 0.1) is 5.60 Å². The molecule has 1 N–H and O–H groups in total. The van der Waals surface area contributed by atoms with Crippen molar-refractivity contribution in [1.29, 1.82) is 0 Å². The summed E-state index contributed by atoms with van der Waals surface area (Å²) in [4.78, 5) is 2.26. The second-order valence-corrected chi connectivity index (χ2v) is 7.28. The van der Waals surface area contributed by atoms with Crippen molar-refractivity contribution in [1.82, 2.24) is 4.90 Å². The van der Waals surface area contributed by atoms with Crippen LogP contribution in [0.5, 0.6) is 5.75 Å². The summed E-state index contributed by atoms with van der Waals surface area (Å²) in [6, 6.07) is 6.17. The fourth-order valence-corrected chi connectivity index (χ4v) is 3.77. The van der Waals surface area contributed by atoms with Crippen LogP contribution < -0.4 is 4.74 Å². The lowest BCUT2D eigenvalue weighted by Gasteiger charge is -2.45. The molecule has 5 nitrogen and oxygen atoms in total. The molecule has 1 aromatic carbocycles. The summed E-state index contributed by atoms with van der Waals surface area (Å²) < 4.78 is 30.3. The van der Waals surface area contributed by atoms with E-state index in [-0.39, 0.29) is 5.82 Å². The Balaban J connectivity index is 1.60. The number of rotatable bonds is 6. The summed E-state index contributed by atoms with van der Waals surface area (Å²) in [6.07, 6.45) is 3.20. The molecule has 0 unspecified atom stereocenters. The van der Waals surface area contributed by atoms with Gasteiger partial charge in [0.2, 0.25) is 0 Å². The number of benzene rings is 1. The zero-order valence-corrected chi connectivity index (χ0v) is 14.9. The molecule has 2 saturated heterocycles. The van der Waals surface area contributed by atoms with Crippen molar-refractivity contribution >= 4 is 0 Å². The third-order valence-corrected chi connectivity index (χ3v) is 5.29. The number of aliphatic hydroxyl groups is 1. The first-order valence-corrected chi connectivity index (χ1v) is 8.99. The summed E-state index contributed by atoms with van der Waals surface area (Å²) >= 11 is 0. The van der Waals surface area contributed by atoms with Crippen molar-refractivity contribution < 1.29 is 23.7 Å². The number of β-amino-alcohol motifs (C(OH)–C–C–N with tert-alkyl or cyclic N) is 1. The van der Waals surface area contributed by atoms with Crippen molar-refractivity contribution in [2.75, 3.05) is 46.6 Å². The highest BCUT2D eigenvalue weighted by atomic mass is 19.1. The van der Waals surface area contributed by atoms with Gasteiger partial charge in [0.25, 0.3) is 0 Å². The second-order valence-electron chi connectivity index (χ2n) is 7.28. The third kappa shape index (κ3) is 4.91. The molecule has 0 aromatic heterocycles. The molecule has 2 heterocycles. The minimum Gasteiger partial charge on any atom is -0.490 e. The van der Waals surface area contributed by atoms with Crippen LogP contribution >= 0.6 is 0 Å². The second kappa shape index (κ2) is 7.99. The Morgan fingerprint density at radius 1 is 1.28 bits per heavy atom. The summed E-state index contributed by atoms with van der Waals surface area (Å²) in [5.41, 5.74) is -1.12. The molecule has 1 atom stereocenters. The Kier molecular flexibility index (Phi) is 5.94. The first-order valence-electron chi connectivity index (χ1n) is 8.99. The van der Waals surface area contributed by atoms with E-state index in [1.54, 1.807) is 19.2 Å². The predicted octanol–water partition coefficient (Wildman–Crippen LogP) is 2.23. The molecule has 25 heavy (non-hydrogen) atoms. The molecule has 0 spiro atoms. The number of likely N-dealkylation sites (tertiary alicyclic amines) is 1. The molecule has 3 rings (SSSR count).